The second-order valence-corrected chi connectivity index (χ2v) is 5.29. The topological polar surface area (TPSA) is 110 Å². The van der Waals surface area contributed by atoms with Crippen molar-refractivity contribution in [1.29, 1.82) is 0 Å². The molecule has 0 aliphatic heterocycles. The van der Waals surface area contributed by atoms with Crippen LogP contribution in [0, 0.1) is 11.8 Å². The highest BCUT2D eigenvalue weighted by molar-refractivity contribution is 5.81. The first-order valence-corrected chi connectivity index (χ1v) is 6.69. The molecule has 110 valence electrons. The normalized spacial score (nSPS) is 17.9. The first-order chi connectivity index (χ1) is 9.47. The van der Waals surface area contributed by atoms with Crippen LogP contribution in [-0.4, -0.2) is 42.4 Å². The van der Waals surface area contributed by atoms with Crippen molar-refractivity contribution in [2.24, 2.45) is 11.8 Å². The Hall–Kier alpha value is -1.73. The molecule has 7 nitrogen and oxygen atoms in total. The van der Waals surface area contributed by atoms with E-state index in [0.29, 0.717) is 17.0 Å². The van der Waals surface area contributed by atoms with Gasteiger partial charge in [0.1, 0.15) is 11.8 Å². The van der Waals surface area contributed by atoms with Crippen LogP contribution in [0.4, 0.5) is 5.82 Å². The highest BCUT2D eigenvalue weighted by Crippen LogP contribution is 2.29. The highest BCUT2D eigenvalue weighted by Gasteiger charge is 2.27. The van der Waals surface area contributed by atoms with Gasteiger partial charge in [-0.3, -0.25) is 0 Å². The Morgan fingerprint density at radius 2 is 1.90 bits per heavy atom. The van der Waals surface area contributed by atoms with Crippen LogP contribution >= 0.6 is 0 Å². The smallest absolute Gasteiger partial charge is 0.165 e. The molecule has 2 heterocycles. The lowest BCUT2D eigenvalue weighted by Crippen LogP contribution is -2.31. The standard InChI is InChI=1S/C13H21N5O2/c1-7(8(2)10(20)4-19)9(3)18-6-17-11-12(14)15-5-16-13(11)18/h5-10,19-20H,4H2,1-3H3,(H2,14,15,16)/t7-,8+,9-,10-/m0/s1. The van der Waals surface area contributed by atoms with Crippen LogP contribution in [0.15, 0.2) is 12.7 Å². The number of hydrogen-bond acceptors (Lipinski definition) is 6. The fourth-order valence-electron chi connectivity index (χ4n) is 2.38. The molecule has 2 aromatic rings. The van der Waals surface area contributed by atoms with Crippen LogP contribution in [0.3, 0.4) is 0 Å². The van der Waals surface area contributed by atoms with Crippen LogP contribution < -0.4 is 5.73 Å². The number of rotatable bonds is 5. The van der Waals surface area contributed by atoms with Crippen LogP contribution in [-0.2, 0) is 0 Å². The van der Waals surface area contributed by atoms with E-state index in [1.807, 2.05) is 25.3 Å². The van der Waals surface area contributed by atoms with Gasteiger partial charge in [-0.05, 0) is 18.8 Å². The summed E-state index contributed by atoms with van der Waals surface area (Å²) in [4.78, 5) is 12.4. The van der Waals surface area contributed by atoms with Gasteiger partial charge in [0.2, 0.25) is 0 Å². The Morgan fingerprint density at radius 3 is 2.55 bits per heavy atom. The Morgan fingerprint density at radius 1 is 1.20 bits per heavy atom. The number of aliphatic hydroxyl groups excluding tert-OH is 2. The van der Waals surface area contributed by atoms with E-state index in [1.54, 1.807) is 6.33 Å². The second-order valence-electron chi connectivity index (χ2n) is 5.29. The Kier molecular flexibility index (Phi) is 4.20. The van der Waals surface area contributed by atoms with Crippen LogP contribution in [0.5, 0.6) is 0 Å². The summed E-state index contributed by atoms with van der Waals surface area (Å²) in [5, 5.41) is 18.8. The van der Waals surface area contributed by atoms with Gasteiger partial charge in [0.15, 0.2) is 11.5 Å². The number of fused-ring (bicyclic) bond motifs is 1. The SMILES string of the molecule is C[C@H]([C@H](C)[C@H](C)n1cnc2c(N)ncnc21)[C@@H](O)CO. The van der Waals surface area contributed by atoms with Gasteiger partial charge < -0.3 is 20.5 Å². The third-order valence-corrected chi connectivity index (χ3v) is 4.21. The van der Waals surface area contributed by atoms with E-state index in [9.17, 15) is 5.11 Å². The molecule has 0 aromatic carbocycles. The monoisotopic (exact) mass is 279 g/mol. The quantitative estimate of drug-likeness (QED) is 0.739. The summed E-state index contributed by atoms with van der Waals surface area (Å²) < 4.78 is 1.93. The summed E-state index contributed by atoms with van der Waals surface area (Å²) in [6, 6.07) is 0.0606. The minimum atomic E-state index is -0.734. The van der Waals surface area contributed by atoms with Crippen molar-refractivity contribution in [3.05, 3.63) is 12.7 Å². The lowest BCUT2D eigenvalue weighted by atomic mass is 9.86. The fourth-order valence-corrected chi connectivity index (χ4v) is 2.38. The maximum Gasteiger partial charge on any atom is 0.165 e. The summed E-state index contributed by atoms with van der Waals surface area (Å²) in [5.41, 5.74) is 7.04. The summed E-state index contributed by atoms with van der Waals surface area (Å²) in [7, 11) is 0. The molecule has 0 radical (unpaired) electrons. The molecular weight excluding hydrogens is 258 g/mol. The molecule has 0 saturated heterocycles. The van der Waals surface area contributed by atoms with Gasteiger partial charge in [-0.15, -0.1) is 0 Å². The zero-order valence-electron chi connectivity index (χ0n) is 11.9. The van der Waals surface area contributed by atoms with E-state index in [-0.39, 0.29) is 24.5 Å². The average Bonchev–Trinajstić information content (AvgIpc) is 2.89. The van der Waals surface area contributed by atoms with E-state index >= 15 is 0 Å². The molecule has 2 aromatic heterocycles. The zero-order chi connectivity index (χ0) is 14.9. The van der Waals surface area contributed by atoms with Crippen molar-refractivity contribution in [1.82, 2.24) is 19.5 Å². The molecule has 0 bridgehead atoms. The number of hydrogen-bond donors (Lipinski definition) is 3. The maximum absolute atomic E-state index is 9.78. The minimum Gasteiger partial charge on any atom is -0.394 e. The maximum atomic E-state index is 9.78. The van der Waals surface area contributed by atoms with E-state index in [4.69, 9.17) is 10.8 Å². The molecular formula is C13H21N5O2. The lowest BCUT2D eigenvalue weighted by Gasteiger charge is -2.29. The number of aromatic nitrogens is 4. The third-order valence-electron chi connectivity index (χ3n) is 4.21. The first kappa shape index (κ1) is 14.7. The number of imidazole rings is 1. The average molecular weight is 279 g/mol. The molecule has 7 heteroatoms. The predicted octanol–water partition coefficient (Wildman–Crippen LogP) is 0.595. The fraction of sp³-hybridized carbons (Fsp3) is 0.615. The van der Waals surface area contributed by atoms with Crippen LogP contribution in [0.25, 0.3) is 11.2 Å². The molecule has 20 heavy (non-hydrogen) atoms. The van der Waals surface area contributed by atoms with Crippen molar-refractivity contribution >= 4 is 17.0 Å². The third kappa shape index (κ3) is 2.46. The van der Waals surface area contributed by atoms with E-state index < -0.39 is 6.10 Å². The number of anilines is 1. The van der Waals surface area contributed by atoms with Gasteiger partial charge in [-0.25, -0.2) is 15.0 Å². The van der Waals surface area contributed by atoms with Gasteiger partial charge >= 0.3 is 0 Å². The molecule has 0 amide bonds. The van der Waals surface area contributed by atoms with Gasteiger partial charge in [-0.1, -0.05) is 13.8 Å². The molecule has 0 aliphatic carbocycles. The summed E-state index contributed by atoms with van der Waals surface area (Å²) in [5.74, 6) is 0.439. The van der Waals surface area contributed by atoms with Crippen LogP contribution in [0.1, 0.15) is 26.8 Å². The Bertz CT molecular complexity index is 585. The lowest BCUT2D eigenvalue weighted by molar-refractivity contribution is 0.0247. The van der Waals surface area contributed by atoms with E-state index in [1.165, 1.54) is 6.33 Å². The second kappa shape index (κ2) is 5.72. The van der Waals surface area contributed by atoms with Gasteiger partial charge in [0, 0.05) is 6.04 Å². The molecule has 0 fully saturated rings. The van der Waals surface area contributed by atoms with Gasteiger partial charge in [0.05, 0.1) is 19.0 Å². The molecule has 0 saturated carbocycles. The molecule has 2 rings (SSSR count). The Balaban J connectivity index is 2.32. The van der Waals surface area contributed by atoms with Gasteiger partial charge in [0.25, 0.3) is 0 Å². The number of nitrogen functional groups attached to an aromatic ring is 1. The largest absolute Gasteiger partial charge is 0.394 e. The summed E-state index contributed by atoms with van der Waals surface area (Å²) >= 11 is 0. The molecule has 4 N–H and O–H groups in total. The summed E-state index contributed by atoms with van der Waals surface area (Å²) in [6.07, 6.45) is 2.37. The molecule has 4 atom stereocenters. The predicted molar refractivity (Wildman–Crippen MR) is 75.9 cm³/mol. The Labute approximate surface area is 117 Å². The van der Waals surface area contributed by atoms with Gasteiger partial charge in [-0.2, -0.15) is 0 Å². The van der Waals surface area contributed by atoms with Crippen molar-refractivity contribution in [2.45, 2.75) is 32.9 Å². The highest BCUT2D eigenvalue weighted by atomic mass is 16.3. The van der Waals surface area contributed by atoms with Crippen molar-refractivity contribution < 1.29 is 10.2 Å². The molecule has 0 unspecified atom stereocenters. The van der Waals surface area contributed by atoms with E-state index in [0.717, 1.165) is 0 Å². The number of nitrogens with zero attached hydrogens (tertiary/aromatic N) is 4. The van der Waals surface area contributed by atoms with E-state index in [2.05, 4.69) is 15.0 Å². The first-order valence-electron chi connectivity index (χ1n) is 6.69. The summed E-state index contributed by atoms with van der Waals surface area (Å²) in [6.45, 7) is 5.75. The molecule has 0 spiro atoms. The molecule has 0 aliphatic rings. The van der Waals surface area contributed by atoms with Crippen molar-refractivity contribution in [3.63, 3.8) is 0 Å². The zero-order valence-corrected chi connectivity index (χ0v) is 11.9. The van der Waals surface area contributed by atoms with Crippen molar-refractivity contribution in [3.8, 4) is 0 Å². The minimum absolute atomic E-state index is 0.0494. The number of nitrogens with two attached hydrogens (primary N) is 1. The number of aliphatic hydroxyl groups is 2. The van der Waals surface area contributed by atoms with Crippen LogP contribution in [0.2, 0.25) is 0 Å². The van der Waals surface area contributed by atoms with Crippen molar-refractivity contribution in [2.75, 3.05) is 12.3 Å².